The number of nitrogens with two attached hydrogens (primary N) is 1. The van der Waals surface area contributed by atoms with Crippen LogP contribution in [0.1, 0.15) is 147 Å². The molecular weight excluding hydrogens is 1650 g/mol. The molecule has 0 unspecified atom stereocenters. The molecule has 654 valence electrons. The highest BCUT2D eigenvalue weighted by Gasteiger charge is 2.42. The maximum absolute atomic E-state index is 15.3. The van der Waals surface area contributed by atoms with Gasteiger partial charge in [0.15, 0.2) is 10.9 Å². The number of azide groups is 2. The van der Waals surface area contributed by atoms with E-state index in [1.165, 1.54) is 42.2 Å². The number of aromatic nitrogens is 1. The number of likely N-dealkylation sites (tertiary alicyclic amines) is 2. The predicted molar refractivity (Wildman–Crippen MR) is 469 cm³/mol. The minimum Gasteiger partial charge on any atom is -0.456 e. The smallest absolute Gasteiger partial charge is 0.408 e. The lowest BCUT2D eigenvalue weighted by Crippen LogP contribution is -2.59. The predicted octanol–water partition coefficient (Wildman–Crippen LogP) is 11.0. The number of nitrogens with zero attached hydrogens (tertiary/aromatic N) is 9. The van der Waals surface area contributed by atoms with E-state index in [2.05, 4.69) is 62.3 Å². The second-order valence-electron chi connectivity index (χ2n) is 31.3. The summed E-state index contributed by atoms with van der Waals surface area (Å²) in [7, 11) is 9.58. The van der Waals surface area contributed by atoms with Gasteiger partial charge in [0.25, 0.3) is 0 Å². The Balaban J connectivity index is 1.07. The molecule has 39 heteroatoms. The number of ether oxygens (including phenoxy) is 3. The molecule has 2 aliphatic rings. The number of benzene rings is 4. The number of ketones is 1. The average Bonchev–Trinajstić information content (AvgIpc) is 1.70. The fourth-order valence-corrected chi connectivity index (χ4v) is 18.6. The molecule has 10 amide bonds. The standard InChI is InChI=1S/C82H110N18O16S5/c1-81(2,3)120-118-41-36-63(90-75(108)64(43-56-45-87-61-24-13-12-23-60(56)61)91-74(107)62(25-15-17-38-98(7)8)89-69(102)46-88-73(106)66(51-119-121-82(4,5)6)93-80(113)116-48-53-30-34-58(35-31-53)95-97-85)76(109)100-40-19-27-68(100)78(111)114-49-59(101)42-55(22-14-16-37-86-79(112)115-47-52-28-32-57(33-29-52)94-96-84)72(105)92-65(77(110)99-39-18-26-67(99)71(83)104)44-70(103)117-50-54-20-10-9-11-21-54/h9-13,20-21,23-24,28-35,45,55,62-68,87H,14-19,22,25-27,36-44,46-51H2,1-8H3,(H2,83,104)(H,86,112)(H,88,106)(H,89,102)(H,90,108)(H,91,107)(H,92,105)(H,93,113)/t55-,62+,63+,64+,65+,66+,67+,68+/m1/s1. The molecule has 2 fully saturated rings. The Bertz CT molecular complexity index is 4450. The van der Waals surface area contributed by atoms with Crippen LogP contribution in [-0.2, 0) is 92.3 Å². The molecule has 5 aromatic rings. The van der Waals surface area contributed by atoms with Gasteiger partial charge in [-0.3, -0.25) is 47.9 Å². The molecule has 2 aliphatic heterocycles. The Kier molecular flexibility index (Phi) is 40.7. The van der Waals surface area contributed by atoms with Crippen molar-refractivity contribution in [1.29, 1.82) is 0 Å². The number of Topliss-reactive ketones (excluding diaryl/α,β-unsaturated/α-hetero) is 1. The molecule has 2 saturated heterocycles. The van der Waals surface area contributed by atoms with Crippen molar-refractivity contribution in [3.05, 3.63) is 152 Å². The average molecular weight is 1760 g/mol. The third-order valence-electron chi connectivity index (χ3n) is 19.0. The zero-order valence-electron chi connectivity index (χ0n) is 69.4. The summed E-state index contributed by atoms with van der Waals surface area (Å²) in [4.78, 5) is 197. The Hall–Kier alpha value is -10.1. The van der Waals surface area contributed by atoms with Crippen molar-refractivity contribution in [3.63, 3.8) is 0 Å². The zero-order chi connectivity index (χ0) is 88.0. The first-order valence-electron chi connectivity index (χ1n) is 40.0. The molecule has 8 atom stereocenters. The van der Waals surface area contributed by atoms with E-state index in [0.29, 0.717) is 66.0 Å². The number of H-pyrrole nitrogens is 1. The van der Waals surface area contributed by atoms with E-state index in [1.54, 1.807) is 65.5 Å². The maximum atomic E-state index is 15.3. The largest absolute Gasteiger partial charge is 0.456 e. The second-order valence-corrected chi connectivity index (χ2v) is 38.8. The van der Waals surface area contributed by atoms with Gasteiger partial charge >= 0.3 is 18.2 Å². The Morgan fingerprint density at radius 2 is 1.17 bits per heavy atom. The fourth-order valence-electron chi connectivity index (χ4n) is 13.0. The number of aromatic amines is 1. The zero-order valence-corrected chi connectivity index (χ0v) is 73.4. The molecule has 10 N–H and O–H groups in total. The number of fused-ring (bicyclic) bond motifs is 1. The van der Waals surface area contributed by atoms with E-state index < -0.39 is 151 Å². The first-order valence-corrected chi connectivity index (χ1v) is 45.6. The molecule has 7 rings (SSSR count). The minimum absolute atomic E-state index is 0.0139. The summed E-state index contributed by atoms with van der Waals surface area (Å²) in [5, 5.41) is 26.5. The van der Waals surface area contributed by atoms with Gasteiger partial charge in [-0.1, -0.05) is 210 Å². The number of nitrogens with one attached hydrogen (secondary N) is 8. The van der Waals surface area contributed by atoms with Gasteiger partial charge in [0.1, 0.15) is 62.1 Å². The molecule has 34 nitrogen and oxygen atoms in total. The van der Waals surface area contributed by atoms with Crippen molar-refractivity contribution in [3.8, 4) is 0 Å². The molecule has 3 heterocycles. The van der Waals surface area contributed by atoms with Crippen molar-refractivity contribution in [1.82, 2.24) is 56.9 Å². The van der Waals surface area contributed by atoms with Crippen LogP contribution in [0.3, 0.4) is 0 Å². The van der Waals surface area contributed by atoms with Gasteiger partial charge in [0.05, 0.1) is 6.54 Å². The number of hydrogen-bond donors (Lipinski definition) is 9. The van der Waals surface area contributed by atoms with Crippen molar-refractivity contribution in [2.24, 2.45) is 21.9 Å². The fraction of sp³-hybridized carbons (Fsp3) is 0.524. The van der Waals surface area contributed by atoms with Gasteiger partial charge in [0, 0.05) is 110 Å². The number of esters is 1. The van der Waals surface area contributed by atoms with Gasteiger partial charge in [0.2, 0.25) is 47.3 Å². The Morgan fingerprint density at radius 3 is 1.80 bits per heavy atom. The molecule has 0 aliphatic carbocycles. The normalized spacial score (nSPS) is 15.3. The summed E-state index contributed by atoms with van der Waals surface area (Å²) >= 11 is 0.932. The van der Waals surface area contributed by atoms with E-state index in [-0.39, 0.29) is 105 Å². The highest BCUT2D eigenvalue weighted by molar-refractivity contribution is 8.77. The molecule has 0 bridgehead atoms. The van der Waals surface area contributed by atoms with E-state index in [0.717, 1.165) is 28.2 Å². The van der Waals surface area contributed by atoms with Crippen LogP contribution in [0.15, 0.2) is 120 Å². The number of carbonyl (C=O) groups is 13. The van der Waals surface area contributed by atoms with Crippen molar-refractivity contribution in [2.75, 3.05) is 64.9 Å². The summed E-state index contributed by atoms with van der Waals surface area (Å²) in [6.07, 6.45) is 1.63. The summed E-state index contributed by atoms with van der Waals surface area (Å²) in [5.74, 6) is -8.20. The first kappa shape index (κ1) is 98.0. The van der Waals surface area contributed by atoms with E-state index in [4.69, 9.17) is 31.0 Å². The summed E-state index contributed by atoms with van der Waals surface area (Å²) in [5.41, 5.74) is 27.4. The third kappa shape index (κ3) is 35.1. The summed E-state index contributed by atoms with van der Waals surface area (Å²) in [6, 6.07) is 20.2. The number of amides is 10. The number of unbranched alkanes of at least 4 members (excludes halogenated alkanes) is 2. The second kappa shape index (κ2) is 50.3. The van der Waals surface area contributed by atoms with Crippen molar-refractivity contribution in [2.45, 2.75) is 202 Å². The highest BCUT2D eigenvalue weighted by Crippen LogP contribution is 2.37. The van der Waals surface area contributed by atoms with E-state index in [1.807, 2.05) is 115 Å². The third-order valence-corrected chi connectivity index (χ3v) is 26.7. The maximum Gasteiger partial charge on any atom is 0.408 e. The Labute approximate surface area is 724 Å². The molecule has 121 heavy (non-hydrogen) atoms. The number of rotatable bonds is 48. The molecule has 0 saturated carbocycles. The number of carbonyl (C=O) groups excluding carboxylic acids is 13. The monoisotopic (exact) mass is 1760 g/mol. The van der Waals surface area contributed by atoms with Crippen LogP contribution in [0.4, 0.5) is 21.0 Å². The molecule has 1 aromatic heterocycles. The van der Waals surface area contributed by atoms with Crippen LogP contribution in [0, 0.1) is 5.92 Å². The van der Waals surface area contributed by atoms with Crippen LogP contribution < -0.4 is 43.0 Å². The minimum atomic E-state index is -1.49. The lowest BCUT2D eigenvalue weighted by atomic mass is 9.94. The van der Waals surface area contributed by atoms with Crippen LogP contribution in [-0.4, -0.2) is 213 Å². The van der Waals surface area contributed by atoms with Gasteiger partial charge < -0.3 is 76.8 Å². The van der Waals surface area contributed by atoms with E-state index >= 15 is 14.4 Å². The molecule has 4 aromatic carbocycles. The molecule has 0 radical (unpaired) electrons. The quantitative estimate of drug-likeness (QED) is 0.00332. The lowest BCUT2D eigenvalue weighted by molar-refractivity contribution is -0.156. The summed E-state index contributed by atoms with van der Waals surface area (Å²) in [6.45, 7) is 11.1. The lowest BCUT2D eigenvalue weighted by Gasteiger charge is -2.30. The van der Waals surface area contributed by atoms with Crippen LogP contribution in [0.25, 0.3) is 31.8 Å². The van der Waals surface area contributed by atoms with Crippen LogP contribution in [0.5, 0.6) is 0 Å². The highest BCUT2D eigenvalue weighted by atomic mass is 33.1. The van der Waals surface area contributed by atoms with Crippen molar-refractivity contribution < 1.29 is 76.5 Å². The number of primary amides is 1. The SMILES string of the molecule is CN(C)CCCC[C@H](NC(=O)CNC(=O)[C@H](CSSC(C)(C)C)NC(=O)OCc1ccc(N=[N+]=[N-])cc1)C(=O)N[C@@H](Cc1c[nH]c2ccccc12)C(=O)N[C@@H](CCSSC(C)(C)C)C(=O)N1CCC[C@H]1C(=O)OCC(=O)C[C@@H](CCCCNC(=O)OCc1ccc(N=[N+]=[N-])cc1)C(=O)N[C@@H](CC(=O)SCc1ccccc1)C(=O)N1CCC[C@H]1C(N)=O. The van der Waals surface area contributed by atoms with E-state index in [9.17, 15) is 47.9 Å². The van der Waals surface area contributed by atoms with Crippen molar-refractivity contribution >= 4 is 154 Å². The van der Waals surface area contributed by atoms with Crippen LogP contribution >= 0.6 is 54.9 Å². The van der Waals surface area contributed by atoms with Gasteiger partial charge in [-0.15, -0.1) is 0 Å². The molecule has 0 spiro atoms. The van der Waals surface area contributed by atoms with Gasteiger partial charge in [-0.05, 0) is 124 Å². The molecular formula is C82H110N18O16S5. The van der Waals surface area contributed by atoms with Gasteiger partial charge in [-0.2, -0.15) is 0 Å². The number of hydrogen-bond acceptors (Lipinski definition) is 24. The summed E-state index contributed by atoms with van der Waals surface area (Å²) < 4.78 is 16.1. The van der Waals surface area contributed by atoms with Gasteiger partial charge in [-0.25, -0.2) is 14.4 Å². The Morgan fingerprint density at radius 1 is 0.587 bits per heavy atom. The van der Waals surface area contributed by atoms with Crippen LogP contribution in [0.2, 0.25) is 0 Å². The topological polar surface area (TPSA) is 483 Å². The first-order chi connectivity index (χ1) is 57.8. The number of thioether (sulfide) groups is 1. The number of para-hydroxylation sites is 1. The number of alkyl carbamates (subject to hydrolysis) is 2.